The second-order valence-electron chi connectivity index (χ2n) is 7.55. The van der Waals surface area contributed by atoms with E-state index in [9.17, 15) is 4.79 Å². The lowest BCUT2D eigenvalue weighted by molar-refractivity contribution is 0.0775. The first-order valence-electron chi connectivity index (χ1n) is 9.95. The molecule has 2 fully saturated rings. The fraction of sp³-hybridized carbons (Fsp3) is 0.667. The van der Waals surface area contributed by atoms with Crippen molar-refractivity contribution in [3.8, 4) is 0 Å². The van der Waals surface area contributed by atoms with Crippen molar-refractivity contribution in [1.82, 2.24) is 9.80 Å². The molecular weight excluding hydrogens is 328 g/mol. The molecule has 1 aromatic rings. The Kier molecular flexibility index (Phi) is 7.32. The Bertz CT molecular complexity index is 543. The molecule has 1 aromatic carbocycles. The molecule has 0 radical (unpaired) electrons. The van der Waals surface area contributed by atoms with Gasteiger partial charge in [0.25, 0.3) is 0 Å². The Hall–Kier alpha value is -1.59. The van der Waals surface area contributed by atoms with Crippen LogP contribution in [0.3, 0.4) is 0 Å². The Balaban J connectivity index is 1.34. The van der Waals surface area contributed by atoms with Crippen LogP contribution in [0, 0.1) is 5.92 Å². The summed E-state index contributed by atoms with van der Waals surface area (Å²) in [6, 6.07) is 10.5. The number of carbonyl (C=O) groups is 1. The van der Waals surface area contributed by atoms with Gasteiger partial charge >= 0.3 is 6.09 Å². The van der Waals surface area contributed by atoms with Crippen LogP contribution in [0.15, 0.2) is 30.3 Å². The molecular formula is C21H32N2O3. The van der Waals surface area contributed by atoms with E-state index >= 15 is 0 Å². The summed E-state index contributed by atoms with van der Waals surface area (Å²) >= 11 is 0. The number of hydrogen-bond donors (Lipinski definition) is 0. The fourth-order valence-electron chi connectivity index (χ4n) is 4.13. The average molecular weight is 360 g/mol. The predicted octanol–water partition coefficient (Wildman–Crippen LogP) is 3.54. The van der Waals surface area contributed by atoms with Crippen LogP contribution in [-0.4, -0.2) is 61.8 Å². The van der Waals surface area contributed by atoms with Gasteiger partial charge in [0.15, 0.2) is 0 Å². The molecule has 2 heterocycles. The molecule has 0 aromatic heterocycles. The number of benzene rings is 1. The van der Waals surface area contributed by atoms with Crippen LogP contribution in [0.4, 0.5) is 4.79 Å². The van der Waals surface area contributed by atoms with Gasteiger partial charge in [0.2, 0.25) is 0 Å². The van der Waals surface area contributed by atoms with Crippen LogP contribution in [0.25, 0.3) is 0 Å². The normalized spacial score (nSPS) is 21.9. The number of piperidine rings is 1. The van der Waals surface area contributed by atoms with Gasteiger partial charge in [-0.05, 0) is 56.7 Å². The van der Waals surface area contributed by atoms with E-state index < -0.39 is 0 Å². The van der Waals surface area contributed by atoms with Crippen LogP contribution in [0.5, 0.6) is 0 Å². The van der Waals surface area contributed by atoms with E-state index in [-0.39, 0.29) is 6.09 Å². The van der Waals surface area contributed by atoms with Crippen LogP contribution >= 0.6 is 0 Å². The molecule has 0 unspecified atom stereocenters. The molecule has 1 atom stereocenters. The molecule has 0 spiro atoms. The Morgan fingerprint density at radius 1 is 1.12 bits per heavy atom. The minimum atomic E-state index is -0.174. The highest BCUT2D eigenvalue weighted by atomic mass is 16.6. The zero-order chi connectivity index (χ0) is 18.2. The van der Waals surface area contributed by atoms with Gasteiger partial charge in [-0.2, -0.15) is 0 Å². The third-order valence-electron chi connectivity index (χ3n) is 5.76. The standard InChI is InChI=1S/C21H32N2O3/c1-25-17-20-8-5-12-22(20)13-9-18-10-14-23(15-11-18)21(24)26-16-19-6-3-2-4-7-19/h2-4,6-7,18,20H,5,8-17H2,1H3/t20-/m0/s1. The molecule has 5 heteroatoms. The number of methoxy groups -OCH3 is 1. The minimum absolute atomic E-state index is 0.174. The van der Waals surface area contributed by atoms with Crippen LogP contribution in [0.1, 0.15) is 37.7 Å². The average Bonchev–Trinajstić information content (AvgIpc) is 3.13. The van der Waals surface area contributed by atoms with Gasteiger partial charge in [-0.1, -0.05) is 30.3 Å². The highest BCUT2D eigenvalue weighted by molar-refractivity contribution is 5.67. The first-order valence-corrected chi connectivity index (χ1v) is 9.95. The maximum absolute atomic E-state index is 12.2. The van der Waals surface area contributed by atoms with Crippen molar-refractivity contribution in [2.24, 2.45) is 5.92 Å². The van der Waals surface area contributed by atoms with Crippen molar-refractivity contribution in [3.05, 3.63) is 35.9 Å². The topological polar surface area (TPSA) is 42.0 Å². The van der Waals surface area contributed by atoms with E-state index in [1.54, 1.807) is 7.11 Å². The van der Waals surface area contributed by atoms with E-state index in [4.69, 9.17) is 9.47 Å². The first kappa shape index (κ1) is 19.2. The highest BCUT2D eigenvalue weighted by Gasteiger charge is 2.27. The number of nitrogens with zero attached hydrogens (tertiary/aromatic N) is 2. The molecule has 0 aliphatic carbocycles. The number of carbonyl (C=O) groups excluding carboxylic acids is 1. The van der Waals surface area contributed by atoms with Crippen LogP contribution in [-0.2, 0) is 16.1 Å². The lowest BCUT2D eigenvalue weighted by atomic mass is 9.93. The van der Waals surface area contributed by atoms with E-state index in [0.717, 1.165) is 50.6 Å². The Morgan fingerprint density at radius 3 is 2.62 bits per heavy atom. The summed E-state index contributed by atoms with van der Waals surface area (Å²) in [6.45, 7) is 5.22. The number of hydrogen-bond acceptors (Lipinski definition) is 4. The third-order valence-corrected chi connectivity index (χ3v) is 5.76. The summed E-state index contributed by atoms with van der Waals surface area (Å²) in [4.78, 5) is 16.7. The molecule has 0 saturated carbocycles. The molecule has 0 bridgehead atoms. The quantitative estimate of drug-likeness (QED) is 0.746. The van der Waals surface area contributed by atoms with Crippen molar-refractivity contribution in [1.29, 1.82) is 0 Å². The minimum Gasteiger partial charge on any atom is -0.445 e. The van der Waals surface area contributed by atoms with Gasteiger partial charge in [0, 0.05) is 26.2 Å². The maximum atomic E-state index is 12.2. The van der Waals surface area contributed by atoms with Gasteiger partial charge in [0.05, 0.1) is 6.61 Å². The second kappa shape index (κ2) is 9.93. The zero-order valence-electron chi connectivity index (χ0n) is 15.9. The van der Waals surface area contributed by atoms with Crippen molar-refractivity contribution in [2.45, 2.75) is 44.8 Å². The first-order chi connectivity index (χ1) is 12.8. The molecule has 0 N–H and O–H groups in total. The number of likely N-dealkylation sites (tertiary alicyclic amines) is 2. The smallest absolute Gasteiger partial charge is 0.410 e. The Labute approximate surface area is 157 Å². The maximum Gasteiger partial charge on any atom is 0.410 e. The summed E-state index contributed by atoms with van der Waals surface area (Å²) in [5, 5.41) is 0. The van der Waals surface area contributed by atoms with Gasteiger partial charge in [0.1, 0.15) is 6.61 Å². The molecule has 2 aliphatic rings. The van der Waals surface area contributed by atoms with Gasteiger partial charge in [-0.15, -0.1) is 0 Å². The summed E-state index contributed by atoms with van der Waals surface area (Å²) in [6.07, 6.45) is 5.78. The Morgan fingerprint density at radius 2 is 1.88 bits per heavy atom. The zero-order valence-corrected chi connectivity index (χ0v) is 15.9. The molecule has 2 aliphatic heterocycles. The van der Waals surface area contributed by atoms with E-state index in [0.29, 0.717) is 12.6 Å². The largest absolute Gasteiger partial charge is 0.445 e. The van der Waals surface area contributed by atoms with Crippen molar-refractivity contribution < 1.29 is 14.3 Å². The van der Waals surface area contributed by atoms with E-state index in [1.165, 1.54) is 25.8 Å². The highest BCUT2D eigenvalue weighted by Crippen LogP contribution is 2.24. The van der Waals surface area contributed by atoms with Crippen LogP contribution < -0.4 is 0 Å². The monoisotopic (exact) mass is 360 g/mol. The molecule has 1 amide bonds. The second-order valence-corrected chi connectivity index (χ2v) is 7.55. The molecule has 3 rings (SSSR count). The van der Waals surface area contributed by atoms with Crippen molar-refractivity contribution >= 4 is 6.09 Å². The van der Waals surface area contributed by atoms with Gasteiger partial charge in [-0.3, -0.25) is 4.90 Å². The van der Waals surface area contributed by atoms with E-state index in [2.05, 4.69) is 4.90 Å². The molecule has 144 valence electrons. The van der Waals surface area contributed by atoms with Crippen LogP contribution in [0.2, 0.25) is 0 Å². The summed E-state index contributed by atoms with van der Waals surface area (Å²) in [7, 11) is 1.79. The lowest BCUT2D eigenvalue weighted by Crippen LogP contribution is -2.40. The predicted molar refractivity (Wildman–Crippen MR) is 102 cm³/mol. The third kappa shape index (κ3) is 5.45. The summed E-state index contributed by atoms with van der Waals surface area (Å²) in [5.41, 5.74) is 1.03. The molecule has 26 heavy (non-hydrogen) atoms. The summed E-state index contributed by atoms with van der Waals surface area (Å²) < 4.78 is 10.8. The number of amides is 1. The SMILES string of the molecule is COC[C@@H]1CCCN1CCC1CCN(C(=O)OCc2ccccc2)CC1. The molecule has 5 nitrogen and oxygen atoms in total. The summed E-state index contributed by atoms with van der Waals surface area (Å²) in [5.74, 6) is 0.719. The van der Waals surface area contributed by atoms with E-state index in [1.807, 2.05) is 35.2 Å². The van der Waals surface area contributed by atoms with Crippen molar-refractivity contribution in [3.63, 3.8) is 0 Å². The van der Waals surface area contributed by atoms with Crippen molar-refractivity contribution in [2.75, 3.05) is 39.9 Å². The van der Waals surface area contributed by atoms with Gasteiger partial charge < -0.3 is 14.4 Å². The fourth-order valence-corrected chi connectivity index (χ4v) is 4.13. The molecule has 2 saturated heterocycles. The number of ether oxygens (including phenoxy) is 2. The van der Waals surface area contributed by atoms with Gasteiger partial charge in [-0.25, -0.2) is 4.79 Å². The lowest BCUT2D eigenvalue weighted by Gasteiger charge is -2.33. The number of rotatable bonds is 7.